The molecule has 0 saturated heterocycles. The number of hydrogen-bond acceptors (Lipinski definition) is 4. The van der Waals surface area contributed by atoms with Crippen LogP contribution in [0.5, 0.6) is 0 Å². The van der Waals surface area contributed by atoms with Gasteiger partial charge < -0.3 is 16.0 Å². The number of anilines is 3. The Morgan fingerprint density at radius 2 is 2.33 bits per heavy atom. The van der Waals surface area contributed by atoms with Crippen molar-refractivity contribution < 1.29 is 4.79 Å². The molecule has 2 rings (SSSR count). The molecular weight excluding hydrogens is 262 g/mol. The van der Waals surface area contributed by atoms with Crippen LogP contribution in [-0.2, 0) is 0 Å². The smallest absolute Gasteiger partial charge is 0.159 e. The SMILES string of the molecule is C=CC[C@H]1CN(CCCC)c2cc(C(C)=O)cc(N)c2N1. The number of carbonyl (C=O) groups is 1. The van der Waals surface area contributed by atoms with Gasteiger partial charge >= 0.3 is 0 Å². The molecule has 0 aliphatic carbocycles. The first-order chi connectivity index (χ1) is 10.1. The number of fused-ring (bicyclic) bond motifs is 1. The van der Waals surface area contributed by atoms with Gasteiger partial charge in [0.1, 0.15) is 0 Å². The number of ketones is 1. The van der Waals surface area contributed by atoms with Gasteiger partial charge in [0.05, 0.1) is 17.1 Å². The summed E-state index contributed by atoms with van der Waals surface area (Å²) in [6.45, 7) is 9.49. The minimum Gasteiger partial charge on any atom is -0.397 e. The van der Waals surface area contributed by atoms with Gasteiger partial charge in [0.25, 0.3) is 0 Å². The van der Waals surface area contributed by atoms with Crippen LogP contribution in [0.4, 0.5) is 17.1 Å². The molecule has 1 heterocycles. The lowest BCUT2D eigenvalue weighted by atomic mass is 10.0. The lowest BCUT2D eigenvalue weighted by Crippen LogP contribution is -2.42. The molecule has 0 radical (unpaired) electrons. The standard InChI is InChI=1S/C17H25N3O/c1-4-6-8-20-11-14(7-5-2)19-17-15(18)9-13(12(3)21)10-16(17)20/h5,9-10,14,19H,2,4,6-8,11,18H2,1,3H3/t14-/m0/s1. The van der Waals surface area contributed by atoms with E-state index in [1.807, 2.05) is 12.1 Å². The fourth-order valence-electron chi connectivity index (χ4n) is 2.77. The molecule has 4 heteroatoms. The van der Waals surface area contributed by atoms with Crippen molar-refractivity contribution in [3.8, 4) is 0 Å². The predicted molar refractivity (Wildman–Crippen MR) is 90.2 cm³/mol. The van der Waals surface area contributed by atoms with Gasteiger partial charge in [-0.15, -0.1) is 6.58 Å². The number of hydrogen-bond donors (Lipinski definition) is 2. The van der Waals surface area contributed by atoms with Gasteiger partial charge in [0, 0.05) is 24.7 Å². The summed E-state index contributed by atoms with van der Waals surface area (Å²) in [7, 11) is 0. The highest BCUT2D eigenvalue weighted by Gasteiger charge is 2.25. The first-order valence-electron chi connectivity index (χ1n) is 7.63. The van der Waals surface area contributed by atoms with Crippen LogP contribution in [-0.4, -0.2) is 24.9 Å². The summed E-state index contributed by atoms with van der Waals surface area (Å²) in [5.41, 5.74) is 9.49. The topological polar surface area (TPSA) is 58.4 Å². The Bertz CT molecular complexity index is 539. The lowest BCUT2D eigenvalue weighted by molar-refractivity contribution is 0.101. The van der Waals surface area contributed by atoms with E-state index in [0.717, 1.165) is 43.7 Å². The molecule has 1 aliphatic heterocycles. The van der Waals surface area contributed by atoms with Crippen LogP contribution in [0.1, 0.15) is 43.5 Å². The molecule has 1 aromatic rings. The Balaban J connectivity index is 2.39. The van der Waals surface area contributed by atoms with E-state index in [2.05, 4.69) is 23.7 Å². The fraction of sp³-hybridized carbons (Fsp3) is 0.471. The minimum absolute atomic E-state index is 0.0492. The van der Waals surface area contributed by atoms with Crippen LogP contribution in [0, 0.1) is 0 Å². The van der Waals surface area contributed by atoms with E-state index in [9.17, 15) is 4.79 Å². The van der Waals surface area contributed by atoms with Gasteiger partial charge in [-0.05, 0) is 31.9 Å². The van der Waals surface area contributed by atoms with Gasteiger partial charge in [-0.2, -0.15) is 0 Å². The van der Waals surface area contributed by atoms with Crippen LogP contribution < -0.4 is 16.0 Å². The van der Waals surface area contributed by atoms with E-state index in [-0.39, 0.29) is 5.78 Å². The average Bonchev–Trinajstić information content (AvgIpc) is 2.45. The number of Topliss-reactive ketones (excluding diaryl/α,β-unsaturated/α-hetero) is 1. The van der Waals surface area contributed by atoms with Crippen LogP contribution in [0.3, 0.4) is 0 Å². The highest BCUT2D eigenvalue weighted by Crippen LogP contribution is 2.37. The summed E-state index contributed by atoms with van der Waals surface area (Å²) in [6, 6.07) is 4.04. The molecule has 0 spiro atoms. The first-order valence-corrected chi connectivity index (χ1v) is 7.63. The van der Waals surface area contributed by atoms with Gasteiger partial charge in [0.15, 0.2) is 5.78 Å². The first kappa shape index (κ1) is 15.4. The second-order valence-electron chi connectivity index (χ2n) is 5.68. The molecule has 0 bridgehead atoms. The predicted octanol–water partition coefficient (Wildman–Crippen LogP) is 3.45. The molecule has 0 saturated carbocycles. The van der Waals surface area contributed by atoms with Crippen molar-refractivity contribution in [3.63, 3.8) is 0 Å². The number of rotatable bonds is 6. The van der Waals surface area contributed by atoms with E-state index in [1.54, 1.807) is 13.0 Å². The summed E-state index contributed by atoms with van der Waals surface area (Å²) in [6.07, 6.45) is 5.11. The molecular formula is C17H25N3O. The molecule has 1 aromatic carbocycles. The van der Waals surface area contributed by atoms with Crippen LogP contribution >= 0.6 is 0 Å². The monoisotopic (exact) mass is 287 g/mol. The Morgan fingerprint density at radius 1 is 1.57 bits per heavy atom. The van der Waals surface area contributed by atoms with Gasteiger partial charge in [0.2, 0.25) is 0 Å². The summed E-state index contributed by atoms with van der Waals surface area (Å²) in [4.78, 5) is 14.0. The molecule has 0 aromatic heterocycles. The normalized spacial score (nSPS) is 17.0. The van der Waals surface area contributed by atoms with Gasteiger partial charge in [-0.3, -0.25) is 4.79 Å². The third-order valence-electron chi connectivity index (χ3n) is 3.92. The largest absolute Gasteiger partial charge is 0.397 e. The minimum atomic E-state index is 0.0492. The van der Waals surface area contributed by atoms with E-state index in [0.29, 0.717) is 17.3 Å². The van der Waals surface area contributed by atoms with E-state index in [1.165, 1.54) is 0 Å². The molecule has 3 N–H and O–H groups in total. The zero-order valence-corrected chi connectivity index (χ0v) is 13.0. The summed E-state index contributed by atoms with van der Waals surface area (Å²) in [5.74, 6) is 0.0492. The maximum atomic E-state index is 11.7. The van der Waals surface area contributed by atoms with Crippen LogP contribution in [0.2, 0.25) is 0 Å². The summed E-state index contributed by atoms with van der Waals surface area (Å²) >= 11 is 0. The van der Waals surface area contributed by atoms with Crippen LogP contribution in [0.25, 0.3) is 0 Å². The molecule has 114 valence electrons. The third-order valence-corrected chi connectivity index (χ3v) is 3.92. The molecule has 4 nitrogen and oxygen atoms in total. The third kappa shape index (κ3) is 3.38. The second-order valence-corrected chi connectivity index (χ2v) is 5.68. The van der Waals surface area contributed by atoms with Crippen molar-refractivity contribution in [2.24, 2.45) is 0 Å². The molecule has 21 heavy (non-hydrogen) atoms. The van der Waals surface area contributed by atoms with Crippen molar-refractivity contribution in [2.45, 2.75) is 39.2 Å². The number of carbonyl (C=O) groups excluding carboxylic acids is 1. The van der Waals surface area contributed by atoms with Crippen molar-refractivity contribution in [1.29, 1.82) is 0 Å². The Labute approximate surface area is 127 Å². The average molecular weight is 287 g/mol. The molecule has 0 fully saturated rings. The number of benzene rings is 1. The Hall–Kier alpha value is -1.97. The fourth-order valence-corrected chi connectivity index (χ4v) is 2.77. The number of nitrogens with one attached hydrogen (secondary N) is 1. The maximum Gasteiger partial charge on any atom is 0.159 e. The quantitative estimate of drug-likeness (QED) is 0.478. The molecule has 1 atom stereocenters. The summed E-state index contributed by atoms with van der Waals surface area (Å²) < 4.78 is 0. The maximum absolute atomic E-state index is 11.7. The van der Waals surface area contributed by atoms with Crippen molar-refractivity contribution in [2.75, 3.05) is 29.0 Å². The lowest BCUT2D eigenvalue weighted by Gasteiger charge is -2.38. The summed E-state index contributed by atoms with van der Waals surface area (Å²) in [5, 5.41) is 3.49. The van der Waals surface area contributed by atoms with Crippen molar-refractivity contribution >= 4 is 22.8 Å². The second kappa shape index (κ2) is 6.66. The van der Waals surface area contributed by atoms with Crippen molar-refractivity contribution in [3.05, 3.63) is 30.4 Å². The number of nitrogens with two attached hydrogens (primary N) is 1. The number of nitrogen functional groups attached to an aromatic ring is 1. The zero-order valence-electron chi connectivity index (χ0n) is 13.0. The Morgan fingerprint density at radius 3 is 2.95 bits per heavy atom. The molecule has 0 unspecified atom stereocenters. The zero-order chi connectivity index (χ0) is 15.4. The van der Waals surface area contributed by atoms with Crippen molar-refractivity contribution in [1.82, 2.24) is 0 Å². The van der Waals surface area contributed by atoms with Gasteiger partial charge in [-0.1, -0.05) is 19.4 Å². The molecule has 0 amide bonds. The van der Waals surface area contributed by atoms with E-state index in [4.69, 9.17) is 5.73 Å². The van der Waals surface area contributed by atoms with E-state index >= 15 is 0 Å². The number of unbranched alkanes of at least 4 members (excludes halogenated alkanes) is 1. The highest BCUT2D eigenvalue weighted by atomic mass is 16.1. The van der Waals surface area contributed by atoms with Crippen LogP contribution in [0.15, 0.2) is 24.8 Å². The Kier molecular flexibility index (Phi) is 4.89. The van der Waals surface area contributed by atoms with E-state index < -0.39 is 0 Å². The molecule has 1 aliphatic rings. The highest BCUT2D eigenvalue weighted by molar-refractivity contribution is 5.99. The number of nitrogens with zero attached hydrogens (tertiary/aromatic N) is 1. The van der Waals surface area contributed by atoms with Gasteiger partial charge in [-0.25, -0.2) is 0 Å².